The summed E-state index contributed by atoms with van der Waals surface area (Å²) < 4.78 is 30.2. The van der Waals surface area contributed by atoms with Gasteiger partial charge in [0.15, 0.2) is 0 Å². The number of rotatable bonds is 4. The monoisotopic (exact) mass is 605 g/mol. The second kappa shape index (κ2) is 10.6. The summed E-state index contributed by atoms with van der Waals surface area (Å²) in [6.45, 7) is 8.77. The summed E-state index contributed by atoms with van der Waals surface area (Å²) in [7, 11) is 0. The maximum Gasteiger partial charge on any atom is 0.141 e. The maximum absolute atomic E-state index is 14.2. The summed E-state index contributed by atoms with van der Waals surface area (Å²) in [5.74, 6) is -0.975. The molecule has 0 saturated carbocycles. The quantitative estimate of drug-likeness (QED) is 0.201. The van der Waals surface area contributed by atoms with Crippen LogP contribution in [0.5, 0.6) is 0 Å². The van der Waals surface area contributed by atoms with Gasteiger partial charge in [0.25, 0.3) is 0 Å². The van der Waals surface area contributed by atoms with Crippen LogP contribution in [0.4, 0.5) is 20.2 Å². The second-order valence-corrected chi connectivity index (χ2v) is 13.0. The van der Waals surface area contributed by atoms with Gasteiger partial charge in [-0.2, -0.15) is 0 Å². The van der Waals surface area contributed by atoms with E-state index in [1.807, 2.05) is 41.0 Å². The number of benzene rings is 4. The van der Waals surface area contributed by atoms with Crippen LogP contribution in [0.15, 0.2) is 77.8 Å². The minimum atomic E-state index is -0.489. The molecule has 0 bridgehead atoms. The lowest BCUT2D eigenvalue weighted by Crippen LogP contribution is -2.59. The van der Waals surface area contributed by atoms with Gasteiger partial charge in [-0.15, -0.1) is 0 Å². The molecule has 0 spiro atoms. The third kappa shape index (κ3) is 5.74. The molecule has 42 heavy (non-hydrogen) atoms. The fourth-order valence-corrected chi connectivity index (χ4v) is 6.59. The van der Waals surface area contributed by atoms with Gasteiger partial charge in [0, 0.05) is 22.5 Å². The molecule has 6 rings (SSSR count). The first-order valence-corrected chi connectivity index (χ1v) is 14.6. The van der Waals surface area contributed by atoms with Gasteiger partial charge < -0.3 is 15.2 Å². The molecule has 1 aliphatic carbocycles. The topological polar surface area (TPSA) is 54.2 Å². The van der Waals surface area contributed by atoms with E-state index >= 15 is 0 Å². The van der Waals surface area contributed by atoms with E-state index in [4.69, 9.17) is 33.2 Å². The van der Waals surface area contributed by atoms with Crippen molar-refractivity contribution in [1.82, 2.24) is 14.9 Å². The fourth-order valence-electron chi connectivity index (χ4n) is 6.24. The molecule has 0 unspecified atom stereocenters. The number of anilines is 2. The Morgan fingerprint density at radius 2 is 1.55 bits per heavy atom. The van der Waals surface area contributed by atoms with E-state index in [0.29, 0.717) is 22.8 Å². The molecule has 5 nitrogen and oxygen atoms in total. The van der Waals surface area contributed by atoms with E-state index in [9.17, 15) is 8.78 Å². The number of hydrogen-bond acceptors (Lipinski definition) is 4. The molecule has 3 aliphatic rings. The highest BCUT2D eigenvalue weighted by molar-refractivity contribution is 6.31. The Morgan fingerprint density at radius 3 is 2.24 bits per heavy atom. The summed E-state index contributed by atoms with van der Waals surface area (Å²) in [5.41, 5.74) is 4.90. The number of para-hydroxylation sites is 2. The molecule has 0 amide bonds. The molecule has 3 aromatic rings. The number of nitrogens with one attached hydrogen (secondary N) is 2. The van der Waals surface area contributed by atoms with E-state index in [2.05, 4.69) is 38.3 Å². The molecule has 0 radical (unpaired) electrons. The Morgan fingerprint density at radius 1 is 0.881 bits per heavy atom. The third-order valence-electron chi connectivity index (χ3n) is 7.55. The Balaban J connectivity index is 1.63. The van der Waals surface area contributed by atoms with Gasteiger partial charge in [-0.05, 0) is 101 Å². The van der Waals surface area contributed by atoms with Gasteiger partial charge in [-0.25, -0.2) is 13.8 Å². The first kappa shape index (κ1) is 28.6. The molecule has 2 heterocycles. The van der Waals surface area contributed by atoms with Crippen LogP contribution in [0, 0.1) is 11.6 Å². The SMILES string of the molecule is CC1(C)CC(N=c2cc3n(-c4ccc(F)c(Cl)c4)c4ccccc4nc-3cc2Nc2ccc(F)c(Cl)c2)CC(C)(C)N1. The summed E-state index contributed by atoms with van der Waals surface area (Å²) in [6.07, 6.45) is 1.69. The zero-order valence-electron chi connectivity index (χ0n) is 23.8. The molecule has 9 heteroatoms. The lowest BCUT2D eigenvalue weighted by molar-refractivity contribution is 0.163. The number of hydrogen-bond donors (Lipinski definition) is 2. The average Bonchev–Trinajstić information content (AvgIpc) is 2.90. The third-order valence-corrected chi connectivity index (χ3v) is 8.13. The number of aromatic nitrogens is 2. The van der Waals surface area contributed by atoms with Gasteiger partial charge in [0.2, 0.25) is 0 Å². The predicted octanol–water partition coefficient (Wildman–Crippen LogP) is 8.67. The van der Waals surface area contributed by atoms with Crippen molar-refractivity contribution in [3.8, 4) is 17.1 Å². The van der Waals surface area contributed by atoms with Crippen LogP contribution in [-0.4, -0.2) is 26.7 Å². The molecule has 0 atom stereocenters. The van der Waals surface area contributed by atoms with E-state index < -0.39 is 11.6 Å². The summed E-state index contributed by atoms with van der Waals surface area (Å²) in [5, 5.41) is 7.91. The van der Waals surface area contributed by atoms with Gasteiger partial charge in [0.1, 0.15) is 11.6 Å². The smallest absolute Gasteiger partial charge is 0.141 e. The maximum atomic E-state index is 14.2. The highest BCUT2D eigenvalue weighted by atomic mass is 35.5. The largest absolute Gasteiger partial charge is 0.354 e. The van der Waals surface area contributed by atoms with Crippen LogP contribution in [0.3, 0.4) is 0 Å². The summed E-state index contributed by atoms with van der Waals surface area (Å²) in [4.78, 5) is 10.3. The van der Waals surface area contributed by atoms with E-state index in [-0.39, 0.29) is 27.2 Å². The Bertz CT molecular complexity index is 1850. The zero-order valence-corrected chi connectivity index (χ0v) is 25.3. The van der Waals surface area contributed by atoms with Crippen LogP contribution >= 0.6 is 23.2 Å². The van der Waals surface area contributed by atoms with Crippen LogP contribution < -0.4 is 16.0 Å². The van der Waals surface area contributed by atoms with Crippen molar-refractivity contribution in [2.75, 3.05) is 5.32 Å². The Hall–Kier alpha value is -3.52. The van der Waals surface area contributed by atoms with Crippen molar-refractivity contribution in [3.05, 3.63) is 99.8 Å². The first-order chi connectivity index (χ1) is 19.9. The van der Waals surface area contributed by atoms with Crippen molar-refractivity contribution in [2.24, 2.45) is 4.99 Å². The average molecular weight is 607 g/mol. The van der Waals surface area contributed by atoms with Crippen molar-refractivity contribution in [2.45, 2.75) is 57.7 Å². The molecule has 3 aromatic carbocycles. The number of halogens is 4. The predicted molar refractivity (Wildman–Crippen MR) is 167 cm³/mol. The van der Waals surface area contributed by atoms with Crippen molar-refractivity contribution < 1.29 is 8.78 Å². The minimum absolute atomic E-state index is 0.0243. The van der Waals surface area contributed by atoms with E-state index in [1.54, 1.807) is 24.3 Å². The number of piperidine rings is 1. The molecular weight excluding hydrogens is 575 g/mol. The number of fused-ring (bicyclic) bond motifs is 2. The van der Waals surface area contributed by atoms with Crippen molar-refractivity contribution >= 4 is 45.6 Å². The van der Waals surface area contributed by atoms with E-state index in [0.717, 1.165) is 34.9 Å². The first-order valence-electron chi connectivity index (χ1n) is 13.8. The molecule has 0 aromatic heterocycles. The van der Waals surface area contributed by atoms with Gasteiger partial charge in [0.05, 0.1) is 49.6 Å². The van der Waals surface area contributed by atoms with Crippen LogP contribution in [0.2, 0.25) is 10.0 Å². The molecule has 216 valence electrons. The lowest BCUT2D eigenvalue weighted by Gasteiger charge is -2.45. The number of nitrogens with zero attached hydrogens (tertiary/aromatic N) is 3. The minimum Gasteiger partial charge on any atom is -0.354 e. The summed E-state index contributed by atoms with van der Waals surface area (Å²) in [6, 6.07) is 21.0. The van der Waals surface area contributed by atoms with Crippen molar-refractivity contribution in [1.29, 1.82) is 0 Å². The highest BCUT2D eigenvalue weighted by Gasteiger charge is 2.37. The molecule has 1 fully saturated rings. The molecule has 2 N–H and O–H groups in total. The normalized spacial score (nSPS) is 17.2. The van der Waals surface area contributed by atoms with Crippen molar-refractivity contribution in [3.63, 3.8) is 0 Å². The molecule has 2 aliphatic heterocycles. The van der Waals surface area contributed by atoms with Gasteiger partial charge in [-0.1, -0.05) is 35.3 Å². The van der Waals surface area contributed by atoms with E-state index in [1.165, 1.54) is 12.1 Å². The fraction of sp³-hybridized carbons (Fsp3) is 0.273. The van der Waals surface area contributed by atoms with Gasteiger partial charge >= 0.3 is 0 Å². The van der Waals surface area contributed by atoms with Gasteiger partial charge in [-0.3, -0.25) is 4.99 Å². The van der Waals surface area contributed by atoms with Crippen LogP contribution in [0.1, 0.15) is 40.5 Å². The van der Waals surface area contributed by atoms with Crippen LogP contribution in [-0.2, 0) is 0 Å². The summed E-state index contributed by atoms with van der Waals surface area (Å²) >= 11 is 12.4. The molecule has 1 saturated heterocycles. The molecular formula is C33H31Cl2F2N5. The Kier molecular flexibility index (Phi) is 7.24. The zero-order chi connectivity index (χ0) is 29.8. The standard InChI is InChI=1S/C33H31Cl2F2N5/c1-32(2)17-20(18-33(3,4)41-32)39-28-16-31-29(15-27(28)38-19-9-11-24(36)22(34)13-19)40-26-7-5-6-8-30(26)42(31)21-10-12-25(37)23(35)14-21/h5-16,20,38,41H,17-18H2,1-4H3. The Labute approximate surface area is 253 Å². The van der Waals surface area contributed by atoms with Crippen LogP contribution in [0.25, 0.3) is 28.1 Å². The second-order valence-electron chi connectivity index (χ2n) is 12.2. The highest BCUT2D eigenvalue weighted by Crippen LogP contribution is 2.34. The lowest BCUT2D eigenvalue weighted by atomic mass is 9.80.